The third-order valence-corrected chi connectivity index (χ3v) is 1.92. The van der Waals surface area contributed by atoms with Gasteiger partial charge in [0.2, 0.25) is 0 Å². The van der Waals surface area contributed by atoms with E-state index >= 15 is 0 Å². The summed E-state index contributed by atoms with van der Waals surface area (Å²) in [5.74, 6) is 5.40. The quantitative estimate of drug-likeness (QED) is 0.613. The van der Waals surface area contributed by atoms with Gasteiger partial charge in [0, 0.05) is 12.0 Å². The first kappa shape index (κ1) is 12.3. The number of nitrogens with two attached hydrogens (primary N) is 1. The van der Waals surface area contributed by atoms with Crippen LogP contribution < -0.4 is 5.73 Å². The Labute approximate surface area is 95.6 Å². The van der Waals surface area contributed by atoms with Crippen molar-refractivity contribution in [3.05, 3.63) is 35.9 Å². The number of carbonyl (C=O) groups excluding carboxylic acids is 1. The van der Waals surface area contributed by atoms with Gasteiger partial charge >= 0.3 is 5.97 Å². The van der Waals surface area contributed by atoms with Crippen molar-refractivity contribution in [3.8, 4) is 11.8 Å². The highest BCUT2D eigenvalue weighted by Gasteiger charge is 2.12. The van der Waals surface area contributed by atoms with Crippen molar-refractivity contribution in [1.29, 1.82) is 0 Å². The van der Waals surface area contributed by atoms with E-state index in [2.05, 4.69) is 11.8 Å². The monoisotopic (exact) mass is 217 g/mol. The maximum Gasteiger partial charge on any atom is 0.323 e. The SMILES string of the molecule is CCOC(=O)C(N)CC#Cc1ccccc1. The second kappa shape index (κ2) is 6.65. The first-order chi connectivity index (χ1) is 7.74. The van der Waals surface area contributed by atoms with E-state index in [4.69, 9.17) is 10.5 Å². The molecule has 84 valence electrons. The lowest BCUT2D eigenvalue weighted by molar-refractivity contribution is -0.144. The number of ether oxygens (including phenoxy) is 1. The number of hydrogen-bond donors (Lipinski definition) is 1. The summed E-state index contributed by atoms with van der Waals surface area (Å²) in [6.07, 6.45) is 0.313. The molecule has 0 radical (unpaired) electrons. The first-order valence-corrected chi connectivity index (χ1v) is 5.20. The van der Waals surface area contributed by atoms with Crippen LogP contribution in [0.4, 0.5) is 0 Å². The van der Waals surface area contributed by atoms with Crippen molar-refractivity contribution >= 4 is 5.97 Å². The standard InChI is InChI=1S/C13H15NO2/c1-2-16-13(15)12(14)10-6-9-11-7-4-3-5-8-11/h3-5,7-8,12H,2,10,14H2,1H3. The van der Waals surface area contributed by atoms with Crippen LogP contribution in [0.5, 0.6) is 0 Å². The molecule has 3 heteroatoms. The lowest BCUT2D eigenvalue weighted by atomic mass is 10.2. The van der Waals surface area contributed by atoms with Crippen molar-refractivity contribution in [3.63, 3.8) is 0 Å². The van der Waals surface area contributed by atoms with Crippen molar-refractivity contribution < 1.29 is 9.53 Å². The number of esters is 1. The molecule has 0 aliphatic heterocycles. The van der Waals surface area contributed by atoms with Crippen molar-refractivity contribution in [1.82, 2.24) is 0 Å². The van der Waals surface area contributed by atoms with Gasteiger partial charge in [-0.15, -0.1) is 0 Å². The molecule has 0 saturated carbocycles. The Morgan fingerprint density at radius 1 is 1.44 bits per heavy atom. The van der Waals surface area contributed by atoms with Gasteiger partial charge in [-0.1, -0.05) is 30.0 Å². The molecule has 1 aromatic rings. The van der Waals surface area contributed by atoms with Gasteiger partial charge in [0.15, 0.2) is 0 Å². The van der Waals surface area contributed by atoms with Gasteiger partial charge in [-0.3, -0.25) is 4.79 Å². The van der Waals surface area contributed by atoms with Gasteiger partial charge in [0.25, 0.3) is 0 Å². The highest BCUT2D eigenvalue weighted by Crippen LogP contribution is 1.96. The fourth-order valence-corrected chi connectivity index (χ4v) is 1.12. The molecule has 1 aromatic carbocycles. The van der Waals surface area contributed by atoms with Crippen molar-refractivity contribution in [2.24, 2.45) is 5.73 Å². The molecule has 0 heterocycles. The Morgan fingerprint density at radius 3 is 2.75 bits per heavy atom. The van der Waals surface area contributed by atoms with E-state index in [1.807, 2.05) is 30.3 Å². The second-order valence-electron chi connectivity index (χ2n) is 3.23. The van der Waals surface area contributed by atoms with Crippen LogP contribution in [0.15, 0.2) is 30.3 Å². The second-order valence-corrected chi connectivity index (χ2v) is 3.23. The minimum atomic E-state index is -0.656. The number of benzene rings is 1. The Balaban J connectivity index is 2.46. The molecule has 1 rings (SSSR count). The molecule has 0 aromatic heterocycles. The van der Waals surface area contributed by atoms with E-state index in [1.165, 1.54) is 0 Å². The molecule has 0 aliphatic carbocycles. The highest BCUT2D eigenvalue weighted by atomic mass is 16.5. The summed E-state index contributed by atoms with van der Waals surface area (Å²) in [6, 6.07) is 8.91. The number of rotatable bonds is 3. The normalized spacial score (nSPS) is 11.1. The van der Waals surface area contributed by atoms with Crippen LogP contribution in [-0.4, -0.2) is 18.6 Å². The molecule has 0 fully saturated rings. The van der Waals surface area contributed by atoms with Gasteiger partial charge < -0.3 is 10.5 Å². The zero-order chi connectivity index (χ0) is 11.8. The lowest BCUT2D eigenvalue weighted by Gasteiger charge is -2.05. The smallest absolute Gasteiger partial charge is 0.323 e. The third-order valence-electron chi connectivity index (χ3n) is 1.92. The summed E-state index contributed by atoms with van der Waals surface area (Å²) in [6.45, 7) is 2.10. The molecule has 0 aliphatic rings. The fraction of sp³-hybridized carbons (Fsp3) is 0.308. The maximum atomic E-state index is 11.2. The minimum absolute atomic E-state index is 0.313. The van der Waals surface area contributed by atoms with Crippen molar-refractivity contribution in [2.45, 2.75) is 19.4 Å². The largest absolute Gasteiger partial charge is 0.465 e. The van der Waals surface area contributed by atoms with E-state index in [1.54, 1.807) is 6.92 Å². The zero-order valence-corrected chi connectivity index (χ0v) is 9.27. The Hall–Kier alpha value is -1.79. The average molecular weight is 217 g/mol. The molecule has 16 heavy (non-hydrogen) atoms. The summed E-state index contributed by atoms with van der Waals surface area (Å²) >= 11 is 0. The van der Waals surface area contributed by atoms with Crippen LogP contribution in [0.25, 0.3) is 0 Å². The Kier molecular flexibility index (Phi) is 5.10. The molecule has 1 atom stereocenters. The van der Waals surface area contributed by atoms with Gasteiger partial charge in [0.1, 0.15) is 6.04 Å². The molecular weight excluding hydrogens is 202 g/mol. The first-order valence-electron chi connectivity index (χ1n) is 5.20. The molecule has 2 N–H and O–H groups in total. The molecule has 0 amide bonds. The summed E-state index contributed by atoms with van der Waals surface area (Å²) in [7, 11) is 0. The van der Waals surface area contributed by atoms with Crippen LogP contribution >= 0.6 is 0 Å². The van der Waals surface area contributed by atoms with E-state index in [-0.39, 0.29) is 0 Å². The molecule has 0 bridgehead atoms. The van der Waals surface area contributed by atoms with Gasteiger partial charge in [-0.25, -0.2) is 0 Å². The topological polar surface area (TPSA) is 52.3 Å². The van der Waals surface area contributed by atoms with Gasteiger partial charge in [-0.2, -0.15) is 0 Å². The van der Waals surface area contributed by atoms with Crippen LogP contribution in [0.1, 0.15) is 18.9 Å². The maximum absolute atomic E-state index is 11.2. The van der Waals surface area contributed by atoms with E-state index in [0.717, 1.165) is 5.56 Å². The van der Waals surface area contributed by atoms with Crippen LogP contribution in [-0.2, 0) is 9.53 Å². The van der Waals surface area contributed by atoms with E-state index < -0.39 is 12.0 Å². The van der Waals surface area contributed by atoms with Crippen LogP contribution in [0.3, 0.4) is 0 Å². The summed E-state index contributed by atoms with van der Waals surface area (Å²) in [4.78, 5) is 11.2. The number of hydrogen-bond acceptors (Lipinski definition) is 3. The predicted octanol–water partition coefficient (Wildman–Crippen LogP) is 1.32. The summed E-state index contributed by atoms with van der Waals surface area (Å²) in [5, 5.41) is 0. The Morgan fingerprint density at radius 2 is 2.12 bits per heavy atom. The van der Waals surface area contributed by atoms with Gasteiger partial charge in [-0.05, 0) is 19.1 Å². The minimum Gasteiger partial charge on any atom is -0.465 e. The fourth-order valence-electron chi connectivity index (χ4n) is 1.12. The van der Waals surface area contributed by atoms with Crippen LogP contribution in [0.2, 0.25) is 0 Å². The molecular formula is C13H15NO2. The van der Waals surface area contributed by atoms with Gasteiger partial charge in [0.05, 0.1) is 6.61 Å². The third kappa shape index (κ3) is 4.16. The molecule has 3 nitrogen and oxygen atoms in total. The number of carbonyl (C=O) groups is 1. The summed E-state index contributed by atoms with van der Waals surface area (Å²) < 4.78 is 4.77. The Bertz CT molecular complexity index is 389. The average Bonchev–Trinajstić information content (AvgIpc) is 2.30. The van der Waals surface area contributed by atoms with E-state index in [0.29, 0.717) is 13.0 Å². The van der Waals surface area contributed by atoms with E-state index in [9.17, 15) is 4.79 Å². The molecule has 0 saturated heterocycles. The zero-order valence-electron chi connectivity index (χ0n) is 9.27. The predicted molar refractivity (Wildman–Crippen MR) is 62.5 cm³/mol. The summed E-state index contributed by atoms with van der Waals surface area (Å²) in [5.41, 5.74) is 6.51. The molecule has 1 unspecified atom stereocenters. The molecule has 0 spiro atoms. The highest BCUT2D eigenvalue weighted by molar-refractivity contribution is 5.75. The van der Waals surface area contributed by atoms with Crippen LogP contribution in [0, 0.1) is 11.8 Å². The van der Waals surface area contributed by atoms with Crippen molar-refractivity contribution in [2.75, 3.05) is 6.61 Å². The lowest BCUT2D eigenvalue weighted by Crippen LogP contribution is -2.31.